The van der Waals surface area contributed by atoms with Crippen molar-refractivity contribution in [2.24, 2.45) is 0 Å². The maximum Gasteiger partial charge on any atom is 0.305 e. The fourth-order valence-electron chi connectivity index (χ4n) is 3.50. The highest BCUT2D eigenvalue weighted by Gasteiger charge is 2.08. The summed E-state index contributed by atoms with van der Waals surface area (Å²) in [5.41, 5.74) is 4.37. The molecule has 0 aromatic heterocycles. The lowest BCUT2D eigenvalue weighted by Gasteiger charge is -2.07. The van der Waals surface area contributed by atoms with Gasteiger partial charge in [0.1, 0.15) is 0 Å². The van der Waals surface area contributed by atoms with E-state index in [9.17, 15) is 14.4 Å². The Morgan fingerprint density at radius 1 is 0.688 bits per heavy atom. The molecule has 0 unspecified atom stereocenters. The molecule has 0 saturated heterocycles. The predicted molar refractivity (Wildman–Crippen MR) is 125 cm³/mol. The quantitative estimate of drug-likeness (QED) is 0.222. The van der Waals surface area contributed by atoms with Gasteiger partial charge in [-0.05, 0) is 62.1 Å². The summed E-state index contributed by atoms with van der Waals surface area (Å²) in [6.45, 7) is 2.27. The third-order valence-electron chi connectivity index (χ3n) is 5.37. The van der Waals surface area contributed by atoms with Crippen LogP contribution in [0.4, 0.5) is 0 Å². The average molecular weight is 439 g/mol. The zero-order valence-electron chi connectivity index (χ0n) is 19.2. The Hall–Kier alpha value is -2.95. The van der Waals surface area contributed by atoms with Gasteiger partial charge >= 0.3 is 11.9 Å². The van der Waals surface area contributed by atoms with Gasteiger partial charge in [0, 0.05) is 24.8 Å². The molecular weight excluding hydrogens is 404 g/mol. The van der Waals surface area contributed by atoms with E-state index >= 15 is 0 Å². The summed E-state index contributed by atoms with van der Waals surface area (Å²) in [4.78, 5) is 34.8. The van der Waals surface area contributed by atoms with E-state index in [0.29, 0.717) is 44.3 Å². The van der Waals surface area contributed by atoms with Crippen molar-refractivity contribution in [2.45, 2.75) is 64.7 Å². The Morgan fingerprint density at radius 2 is 1.22 bits per heavy atom. The molecule has 5 heteroatoms. The van der Waals surface area contributed by atoms with Crippen molar-refractivity contribution in [3.63, 3.8) is 0 Å². The minimum atomic E-state index is -0.233. The Labute approximate surface area is 191 Å². The van der Waals surface area contributed by atoms with Gasteiger partial charge in [0.05, 0.1) is 13.7 Å². The maximum absolute atomic E-state index is 12.3. The van der Waals surface area contributed by atoms with E-state index in [1.807, 2.05) is 31.2 Å². The summed E-state index contributed by atoms with van der Waals surface area (Å²) in [7, 11) is 1.38. The molecule has 32 heavy (non-hydrogen) atoms. The van der Waals surface area contributed by atoms with Crippen LogP contribution in [0.2, 0.25) is 0 Å². The minimum Gasteiger partial charge on any atom is -0.469 e. The zero-order chi connectivity index (χ0) is 23.2. The summed E-state index contributed by atoms with van der Waals surface area (Å²) < 4.78 is 9.56. The molecule has 5 nitrogen and oxygen atoms in total. The standard InChI is InChI=1S/C27H34O5/c1-3-32-27(30)11-6-4-8-21-12-14-22(15-13-21)20-23-16-18-24(19-17-23)25(28)9-5-7-10-26(29)31-2/h12-19H,3-11,20H2,1-2H3. The Morgan fingerprint density at radius 3 is 1.84 bits per heavy atom. The van der Waals surface area contributed by atoms with Crippen molar-refractivity contribution in [3.05, 3.63) is 70.8 Å². The van der Waals surface area contributed by atoms with Crippen LogP contribution in [0.1, 0.15) is 78.9 Å². The highest BCUT2D eigenvalue weighted by atomic mass is 16.5. The van der Waals surface area contributed by atoms with Gasteiger partial charge in [-0.1, -0.05) is 48.5 Å². The first-order valence-electron chi connectivity index (χ1n) is 11.4. The number of carbonyl (C=O) groups is 3. The first-order chi connectivity index (χ1) is 15.5. The van der Waals surface area contributed by atoms with Crippen LogP contribution in [-0.4, -0.2) is 31.4 Å². The maximum atomic E-state index is 12.3. The first kappa shape index (κ1) is 25.3. The van der Waals surface area contributed by atoms with E-state index < -0.39 is 0 Å². The van der Waals surface area contributed by atoms with Crippen LogP contribution in [0.25, 0.3) is 0 Å². The van der Waals surface area contributed by atoms with E-state index in [2.05, 4.69) is 29.0 Å². The second kappa shape index (κ2) is 14.2. The number of methoxy groups -OCH3 is 1. The number of rotatable bonds is 14. The molecule has 172 valence electrons. The zero-order valence-corrected chi connectivity index (χ0v) is 19.2. The van der Waals surface area contributed by atoms with Crippen LogP contribution < -0.4 is 0 Å². The van der Waals surface area contributed by atoms with Crippen molar-refractivity contribution in [1.29, 1.82) is 0 Å². The van der Waals surface area contributed by atoms with Crippen molar-refractivity contribution < 1.29 is 23.9 Å². The summed E-state index contributed by atoms with van der Waals surface area (Å²) in [5.74, 6) is -0.244. The molecule has 0 spiro atoms. The van der Waals surface area contributed by atoms with Gasteiger partial charge in [-0.15, -0.1) is 0 Å². The molecule has 0 aliphatic heterocycles. The van der Waals surface area contributed by atoms with E-state index in [4.69, 9.17) is 4.74 Å². The number of ketones is 1. The number of hydrogen-bond donors (Lipinski definition) is 0. The van der Waals surface area contributed by atoms with Gasteiger partial charge < -0.3 is 9.47 Å². The molecule has 0 bridgehead atoms. The van der Waals surface area contributed by atoms with Crippen molar-refractivity contribution in [2.75, 3.05) is 13.7 Å². The van der Waals surface area contributed by atoms with Crippen LogP contribution in [-0.2, 0) is 31.9 Å². The molecule has 0 atom stereocenters. The SMILES string of the molecule is CCOC(=O)CCCCc1ccc(Cc2ccc(C(=O)CCCCC(=O)OC)cc2)cc1. The number of carbonyl (C=O) groups excluding carboxylic acids is 3. The topological polar surface area (TPSA) is 69.7 Å². The molecule has 0 saturated carbocycles. The van der Waals surface area contributed by atoms with Gasteiger partial charge in [-0.3, -0.25) is 14.4 Å². The predicted octanol–water partition coefficient (Wildman–Crippen LogP) is 5.47. The lowest BCUT2D eigenvalue weighted by atomic mass is 9.99. The third kappa shape index (κ3) is 9.46. The van der Waals surface area contributed by atoms with E-state index in [-0.39, 0.29) is 17.7 Å². The van der Waals surface area contributed by atoms with E-state index in [0.717, 1.165) is 31.2 Å². The Kier molecular flexibility index (Phi) is 11.2. The summed E-state index contributed by atoms with van der Waals surface area (Å²) >= 11 is 0. The molecule has 0 aliphatic rings. The molecule has 2 rings (SSSR count). The Bertz CT molecular complexity index is 853. The largest absolute Gasteiger partial charge is 0.469 e. The molecular formula is C27H34O5. The van der Waals surface area contributed by atoms with Gasteiger partial charge in [-0.2, -0.15) is 0 Å². The van der Waals surface area contributed by atoms with Crippen molar-refractivity contribution in [1.82, 2.24) is 0 Å². The van der Waals surface area contributed by atoms with E-state index in [1.54, 1.807) is 0 Å². The van der Waals surface area contributed by atoms with Gasteiger partial charge in [0.15, 0.2) is 5.78 Å². The van der Waals surface area contributed by atoms with Crippen LogP contribution in [0, 0.1) is 0 Å². The first-order valence-corrected chi connectivity index (χ1v) is 11.4. The van der Waals surface area contributed by atoms with Gasteiger partial charge in [0.2, 0.25) is 0 Å². The number of Topliss-reactive ketones (excluding diaryl/α,β-unsaturated/α-hetero) is 1. The minimum absolute atomic E-state index is 0.105. The smallest absolute Gasteiger partial charge is 0.305 e. The molecule has 0 amide bonds. The van der Waals surface area contributed by atoms with Gasteiger partial charge in [-0.25, -0.2) is 0 Å². The monoisotopic (exact) mass is 438 g/mol. The summed E-state index contributed by atoms with van der Waals surface area (Å²) in [6.07, 6.45) is 6.22. The fraction of sp³-hybridized carbons (Fsp3) is 0.444. The molecule has 0 fully saturated rings. The third-order valence-corrected chi connectivity index (χ3v) is 5.37. The average Bonchev–Trinajstić information content (AvgIpc) is 2.81. The molecule has 0 radical (unpaired) electrons. The lowest BCUT2D eigenvalue weighted by molar-refractivity contribution is -0.143. The number of hydrogen-bond acceptors (Lipinski definition) is 5. The lowest BCUT2D eigenvalue weighted by Crippen LogP contribution is -2.03. The second-order valence-electron chi connectivity index (χ2n) is 7.91. The van der Waals surface area contributed by atoms with Crippen LogP contribution in [0.15, 0.2) is 48.5 Å². The number of aryl methyl sites for hydroxylation is 1. The molecule has 2 aromatic rings. The van der Waals surface area contributed by atoms with Crippen molar-refractivity contribution >= 4 is 17.7 Å². The van der Waals surface area contributed by atoms with Gasteiger partial charge in [0.25, 0.3) is 0 Å². The normalized spacial score (nSPS) is 10.6. The molecule has 0 N–H and O–H groups in total. The molecule has 0 heterocycles. The number of unbranched alkanes of at least 4 members (excludes halogenated alkanes) is 2. The number of benzene rings is 2. The molecule has 0 aliphatic carbocycles. The van der Waals surface area contributed by atoms with Crippen LogP contribution in [0.5, 0.6) is 0 Å². The summed E-state index contributed by atoms with van der Waals surface area (Å²) in [6, 6.07) is 16.3. The second-order valence-corrected chi connectivity index (χ2v) is 7.91. The van der Waals surface area contributed by atoms with Crippen LogP contribution >= 0.6 is 0 Å². The highest BCUT2D eigenvalue weighted by molar-refractivity contribution is 5.96. The van der Waals surface area contributed by atoms with Crippen molar-refractivity contribution in [3.8, 4) is 0 Å². The highest BCUT2D eigenvalue weighted by Crippen LogP contribution is 2.15. The Balaban J connectivity index is 1.74. The number of esters is 2. The van der Waals surface area contributed by atoms with E-state index in [1.165, 1.54) is 18.2 Å². The number of ether oxygens (including phenoxy) is 2. The summed E-state index contributed by atoms with van der Waals surface area (Å²) in [5, 5.41) is 0. The fourth-order valence-corrected chi connectivity index (χ4v) is 3.50. The van der Waals surface area contributed by atoms with Crippen LogP contribution in [0.3, 0.4) is 0 Å². The molecule has 2 aromatic carbocycles.